The number of allylic oxidation sites excluding steroid dienone is 4. The monoisotopic (exact) mass is 590 g/mol. The van der Waals surface area contributed by atoms with Crippen molar-refractivity contribution in [3.63, 3.8) is 0 Å². The summed E-state index contributed by atoms with van der Waals surface area (Å²) in [5.41, 5.74) is 8.38. The first kappa shape index (κ1) is 31.9. The molecule has 0 aliphatic carbocycles. The number of para-hydroxylation sites is 1. The van der Waals surface area contributed by atoms with E-state index in [0.29, 0.717) is 0 Å². The molecular formula is C35H43ClN2O4. The largest absolute Gasteiger partial charge is 0.344 e. The van der Waals surface area contributed by atoms with Crippen LogP contribution in [0.1, 0.15) is 78.4 Å². The van der Waals surface area contributed by atoms with Crippen molar-refractivity contribution in [2.24, 2.45) is 0 Å². The van der Waals surface area contributed by atoms with Crippen LogP contribution in [0.5, 0.6) is 0 Å². The molecule has 0 spiro atoms. The first-order valence-electron chi connectivity index (χ1n) is 14.9. The molecule has 0 saturated heterocycles. The number of nitrogens with zero attached hydrogens (tertiary/aromatic N) is 2. The second-order valence-corrected chi connectivity index (χ2v) is 12.9. The Morgan fingerprint density at radius 1 is 0.810 bits per heavy atom. The summed E-state index contributed by atoms with van der Waals surface area (Å²) < 4.78 is 36.6. The van der Waals surface area contributed by atoms with E-state index in [4.69, 9.17) is 18.6 Å². The van der Waals surface area contributed by atoms with E-state index in [1.807, 2.05) is 0 Å². The van der Waals surface area contributed by atoms with Crippen LogP contribution in [0.2, 0.25) is 0 Å². The van der Waals surface area contributed by atoms with Gasteiger partial charge in [-0.1, -0.05) is 89.1 Å². The Balaban J connectivity index is 0.000000748. The zero-order valence-electron chi connectivity index (χ0n) is 25.7. The highest BCUT2D eigenvalue weighted by Crippen LogP contribution is 2.48. The van der Waals surface area contributed by atoms with Crippen LogP contribution in [0.15, 0.2) is 84.6 Å². The molecule has 2 aliphatic rings. The molecule has 2 heterocycles. The molecule has 6 nitrogen and oxygen atoms in total. The third-order valence-electron chi connectivity index (χ3n) is 8.53. The Kier molecular flexibility index (Phi) is 9.65. The summed E-state index contributed by atoms with van der Waals surface area (Å²) in [7, 11) is -4.94. The van der Waals surface area contributed by atoms with Crippen molar-refractivity contribution in [1.29, 1.82) is 0 Å². The lowest BCUT2D eigenvalue weighted by Crippen LogP contribution is -2.68. The maximum absolute atomic E-state index is 8.49. The van der Waals surface area contributed by atoms with Gasteiger partial charge in [0.2, 0.25) is 5.69 Å². The van der Waals surface area contributed by atoms with Gasteiger partial charge in [-0.2, -0.15) is 4.58 Å². The SMILES string of the molecule is CCCCN1C(=CC=CC2=[N+](CCCC)c3ccc4ccccc4c3C2(C)C)C(C)(C)c2ccccc21.[O-][Cl+3]([O-])([O-])[O-]. The topological polar surface area (TPSA) is 98.5 Å². The molecule has 42 heavy (non-hydrogen) atoms. The van der Waals surface area contributed by atoms with Crippen molar-refractivity contribution < 1.29 is 33.5 Å². The van der Waals surface area contributed by atoms with E-state index >= 15 is 0 Å². The Bertz CT molecular complexity index is 1510. The fourth-order valence-corrected chi connectivity index (χ4v) is 6.52. The van der Waals surface area contributed by atoms with E-state index in [1.165, 1.54) is 70.4 Å². The molecule has 2 aliphatic heterocycles. The quantitative estimate of drug-likeness (QED) is 0.364. The molecule has 0 atom stereocenters. The van der Waals surface area contributed by atoms with Crippen LogP contribution in [-0.2, 0) is 10.8 Å². The first-order chi connectivity index (χ1) is 19.8. The van der Waals surface area contributed by atoms with Gasteiger partial charge in [0.15, 0.2) is 5.71 Å². The summed E-state index contributed by atoms with van der Waals surface area (Å²) >= 11 is 0. The molecule has 0 radical (unpaired) electrons. The Morgan fingerprint density at radius 2 is 1.45 bits per heavy atom. The molecule has 7 heteroatoms. The molecular weight excluding hydrogens is 548 g/mol. The van der Waals surface area contributed by atoms with Gasteiger partial charge in [-0.25, -0.2) is 18.6 Å². The number of halogens is 1. The average molecular weight is 591 g/mol. The van der Waals surface area contributed by atoms with Crippen molar-refractivity contribution in [3.05, 3.63) is 95.7 Å². The number of hydrogen-bond donors (Lipinski definition) is 0. The molecule has 5 rings (SSSR count). The van der Waals surface area contributed by atoms with Gasteiger partial charge < -0.3 is 4.90 Å². The van der Waals surface area contributed by atoms with E-state index in [9.17, 15) is 0 Å². The van der Waals surface area contributed by atoms with E-state index in [2.05, 4.69) is 130 Å². The summed E-state index contributed by atoms with van der Waals surface area (Å²) in [5, 5.41) is 2.71. The second kappa shape index (κ2) is 12.7. The maximum atomic E-state index is 8.49. The molecule has 0 fully saturated rings. The van der Waals surface area contributed by atoms with Crippen molar-refractivity contribution in [1.82, 2.24) is 0 Å². The van der Waals surface area contributed by atoms with Gasteiger partial charge in [-0.15, -0.1) is 10.2 Å². The molecule has 0 amide bonds. The number of rotatable bonds is 8. The number of fused-ring (bicyclic) bond motifs is 4. The number of anilines is 1. The summed E-state index contributed by atoms with van der Waals surface area (Å²) in [6, 6.07) is 22.5. The highest BCUT2D eigenvalue weighted by atomic mass is 35.7. The number of unbranched alkanes of at least 4 members (excludes halogenated alkanes) is 2. The zero-order chi connectivity index (χ0) is 30.7. The Hall–Kier alpha value is -3.00. The maximum Gasteiger partial charge on any atom is 0.210 e. The molecule has 0 bridgehead atoms. The predicted octanol–water partition coefficient (Wildman–Crippen LogP) is 4.30. The van der Waals surface area contributed by atoms with Crippen LogP contribution in [0.3, 0.4) is 0 Å². The molecule has 3 aromatic rings. The minimum atomic E-state index is -4.94. The van der Waals surface area contributed by atoms with Gasteiger partial charge >= 0.3 is 0 Å². The fourth-order valence-electron chi connectivity index (χ4n) is 6.52. The molecule has 0 N–H and O–H groups in total. The molecule has 0 saturated carbocycles. The zero-order valence-corrected chi connectivity index (χ0v) is 26.4. The van der Waals surface area contributed by atoms with Gasteiger partial charge in [-0.05, 0) is 54.8 Å². The van der Waals surface area contributed by atoms with Crippen LogP contribution in [0.4, 0.5) is 11.4 Å². The lowest BCUT2D eigenvalue weighted by Gasteiger charge is -2.27. The Labute approximate surface area is 252 Å². The van der Waals surface area contributed by atoms with E-state index in [-0.39, 0.29) is 10.8 Å². The third kappa shape index (κ3) is 6.48. The van der Waals surface area contributed by atoms with Crippen molar-refractivity contribution in [3.8, 4) is 0 Å². The van der Waals surface area contributed by atoms with Gasteiger partial charge in [0, 0.05) is 47.5 Å². The van der Waals surface area contributed by atoms with Crippen molar-refractivity contribution >= 4 is 27.9 Å². The van der Waals surface area contributed by atoms with Gasteiger partial charge in [-0.3, -0.25) is 0 Å². The van der Waals surface area contributed by atoms with Crippen LogP contribution in [-0.4, -0.2) is 23.4 Å². The fraction of sp³-hybridized carbons (Fsp3) is 0.400. The Morgan fingerprint density at radius 3 is 2.14 bits per heavy atom. The highest BCUT2D eigenvalue weighted by molar-refractivity contribution is 6.07. The summed E-state index contributed by atoms with van der Waals surface area (Å²) in [6.07, 6.45) is 11.9. The van der Waals surface area contributed by atoms with Gasteiger partial charge in [0.05, 0.1) is 5.41 Å². The highest BCUT2D eigenvalue weighted by Gasteiger charge is 2.45. The predicted molar refractivity (Wildman–Crippen MR) is 161 cm³/mol. The summed E-state index contributed by atoms with van der Waals surface area (Å²) in [5.74, 6) is 0. The van der Waals surface area contributed by atoms with Gasteiger partial charge in [0.25, 0.3) is 0 Å². The van der Waals surface area contributed by atoms with E-state index < -0.39 is 10.2 Å². The molecule has 0 aromatic heterocycles. The normalized spacial score (nSPS) is 18.0. The minimum Gasteiger partial charge on any atom is -0.344 e. The number of benzene rings is 3. The smallest absolute Gasteiger partial charge is 0.210 e. The standard InChI is InChI=1S/C35H43N2.ClHO4/c1-7-9-24-36-29-19-14-13-18-28(29)34(3,4)31(36)20-15-21-32-35(5,6)33-27-17-12-11-16-26(27)22-23-30(33)37(32)25-10-8-2;2-1(3,4)5/h11-23H,7-10,24-25H2,1-6H3;(H,2,3,4,5)/q+1;/p-1. The lowest BCUT2D eigenvalue weighted by atomic mass is 9.79. The summed E-state index contributed by atoms with van der Waals surface area (Å²) in [6.45, 7) is 16.2. The minimum absolute atomic E-state index is 0.00833. The summed E-state index contributed by atoms with van der Waals surface area (Å²) in [4.78, 5) is 2.56. The molecule has 3 aromatic carbocycles. The van der Waals surface area contributed by atoms with Crippen molar-refractivity contribution in [2.45, 2.75) is 78.1 Å². The number of hydrogen-bond acceptors (Lipinski definition) is 5. The third-order valence-corrected chi connectivity index (χ3v) is 8.53. The van der Waals surface area contributed by atoms with Crippen LogP contribution in [0.25, 0.3) is 10.8 Å². The average Bonchev–Trinajstić information content (AvgIpc) is 3.28. The van der Waals surface area contributed by atoms with Crippen LogP contribution >= 0.6 is 0 Å². The van der Waals surface area contributed by atoms with Crippen molar-refractivity contribution in [2.75, 3.05) is 18.0 Å². The van der Waals surface area contributed by atoms with Crippen LogP contribution < -0.4 is 23.5 Å². The lowest BCUT2D eigenvalue weighted by molar-refractivity contribution is -2.00. The van der Waals surface area contributed by atoms with Crippen LogP contribution in [0, 0.1) is 10.2 Å². The van der Waals surface area contributed by atoms with Gasteiger partial charge in [0.1, 0.15) is 6.54 Å². The molecule has 224 valence electrons. The second-order valence-electron chi connectivity index (χ2n) is 12.1. The van der Waals surface area contributed by atoms with E-state index in [1.54, 1.807) is 0 Å². The van der Waals surface area contributed by atoms with E-state index in [0.717, 1.165) is 13.1 Å². The molecule has 0 unspecified atom stereocenters. The first-order valence-corrected chi connectivity index (χ1v) is 16.1.